The van der Waals surface area contributed by atoms with Crippen LogP contribution in [0.2, 0.25) is 0 Å². The fourth-order valence-corrected chi connectivity index (χ4v) is 1.91. The standard InChI is InChI=1S/C16H12N2O2/c17-13-7-3-1-6-12(13)10-18-14-9-11-5-2-4-8-15(11)20-16(14)19/h1-10H,17H2. The van der Waals surface area contributed by atoms with E-state index in [9.17, 15) is 4.79 Å². The molecule has 4 heteroatoms. The molecule has 0 aliphatic carbocycles. The number of rotatable bonds is 2. The zero-order valence-corrected chi connectivity index (χ0v) is 10.6. The van der Waals surface area contributed by atoms with Gasteiger partial charge in [0.1, 0.15) is 11.3 Å². The molecule has 0 radical (unpaired) electrons. The van der Waals surface area contributed by atoms with Crippen LogP contribution in [0.1, 0.15) is 5.56 Å². The molecule has 0 aliphatic rings. The second kappa shape index (κ2) is 5.01. The lowest BCUT2D eigenvalue weighted by Gasteiger charge is -1.99. The van der Waals surface area contributed by atoms with Gasteiger partial charge in [-0.05, 0) is 18.2 Å². The van der Waals surface area contributed by atoms with E-state index in [0.29, 0.717) is 11.3 Å². The molecule has 20 heavy (non-hydrogen) atoms. The summed E-state index contributed by atoms with van der Waals surface area (Å²) in [4.78, 5) is 16.0. The molecule has 0 saturated heterocycles. The molecule has 2 N–H and O–H groups in total. The number of hydrogen-bond acceptors (Lipinski definition) is 4. The highest BCUT2D eigenvalue weighted by molar-refractivity contribution is 5.89. The molecule has 0 aliphatic heterocycles. The molecule has 0 unspecified atom stereocenters. The number of para-hydroxylation sites is 2. The predicted octanol–water partition coefficient (Wildman–Crippen LogP) is 3.13. The van der Waals surface area contributed by atoms with Crippen LogP contribution < -0.4 is 11.4 Å². The van der Waals surface area contributed by atoms with Gasteiger partial charge in [-0.2, -0.15) is 0 Å². The molecule has 98 valence electrons. The summed E-state index contributed by atoms with van der Waals surface area (Å²) in [5.74, 6) is 0. The minimum atomic E-state index is -0.463. The highest BCUT2D eigenvalue weighted by atomic mass is 16.4. The normalized spacial score (nSPS) is 11.2. The Kier molecular flexibility index (Phi) is 3.05. The molecule has 0 fully saturated rings. The summed E-state index contributed by atoms with van der Waals surface area (Å²) in [6.07, 6.45) is 1.57. The van der Waals surface area contributed by atoms with Crippen molar-refractivity contribution in [3.63, 3.8) is 0 Å². The third-order valence-corrected chi connectivity index (χ3v) is 2.96. The number of nitrogens with zero attached hydrogens (tertiary/aromatic N) is 1. The second-order valence-electron chi connectivity index (χ2n) is 4.34. The summed E-state index contributed by atoms with van der Waals surface area (Å²) in [5, 5.41) is 0.834. The summed E-state index contributed by atoms with van der Waals surface area (Å²) in [7, 11) is 0. The van der Waals surface area contributed by atoms with Gasteiger partial charge in [0.2, 0.25) is 0 Å². The lowest BCUT2D eigenvalue weighted by atomic mass is 10.2. The van der Waals surface area contributed by atoms with Gasteiger partial charge in [-0.1, -0.05) is 36.4 Å². The van der Waals surface area contributed by atoms with E-state index in [-0.39, 0.29) is 5.69 Å². The van der Waals surface area contributed by atoms with Crippen molar-refractivity contribution in [1.29, 1.82) is 0 Å². The highest BCUT2D eigenvalue weighted by Gasteiger charge is 2.03. The van der Waals surface area contributed by atoms with Crippen LogP contribution in [0.15, 0.2) is 68.8 Å². The smallest absolute Gasteiger partial charge is 0.362 e. The Hall–Kier alpha value is -2.88. The first-order chi connectivity index (χ1) is 9.74. The van der Waals surface area contributed by atoms with Crippen molar-refractivity contribution in [3.05, 3.63) is 70.6 Å². The molecule has 3 aromatic rings. The molecule has 1 heterocycles. The fourth-order valence-electron chi connectivity index (χ4n) is 1.91. The Morgan fingerprint density at radius 2 is 1.80 bits per heavy atom. The summed E-state index contributed by atoms with van der Waals surface area (Å²) in [6, 6.07) is 16.3. The number of fused-ring (bicyclic) bond motifs is 1. The number of anilines is 1. The predicted molar refractivity (Wildman–Crippen MR) is 80.6 cm³/mol. The van der Waals surface area contributed by atoms with Crippen LogP contribution in [0.3, 0.4) is 0 Å². The summed E-state index contributed by atoms with van der Waals surface area (Å²) < 4.78 is 5.21. The molecule has 4 nitrogen and oxygen atoms in total. The molecule has 0 amide bonds. The van der Waals surface area contributed by atoms with Crippen molar-refractivity contribution in [2.24, 2.45) is 4.99 Å². The van der Waals surface area contributed by atoms with Gasteiger partial charge in [-0.15, -0.1) is 0 Å². The van der Waals surface area contributed by atoms with Crippen LogP contribution in [0.4, 0.5) is 11.4 Å². The third-order valence-electron chi connectivity index (χ3n) is 2.96. The molecule has 0 saturated carbocycles. The van der Waals surface area contributed by atoms with E-state index in [4.69, 9.17) is 10.2 Å². The van der Waals surface area contributed by atoms with E-state index < -0.39 is 5.63 Å². The topological polar surface area (TPSA) is 68.6 Å². The zero-order chi connectivity index (χ0) is 13.9. The average molecular weight is 264 g/mol. The minimum absolute atomic E-state index is 0.256. The largest absolute Gasteiger partial charge is 0.421 e. The maximum atomic E-state index is 11.8. The first-order valence-corrected chi connectivity index (χ1v) is 6.15. The first kappa shape index (κ1) is 12.2. The molecule has 0 spiro atoms. The van der Waals surface area contributed by atoms with Crippen molar-refractivity contribution in [2.45, 2.75) is 0 Å². The van der Waals surface area contributed by atoms with E-state index in [1.807, 2.05) is 36.4 Å². The number of nitrogen functional groups attached to an aromatic ring is 1. The summed E-state index contributed by atoms with van der Waals surface area (Å²) >= 11 is 0. The number of hydrogen-bond donors (Lipinski definition) is 1. The van der Waals surface area contributed by atoms with Crippen molar-refractivity contribution in [1.82, 2.24) is 0 Å². The molecular formula is C16H12N2O2. The van der Waals surface area contributed by atoms with Crippen LogP contribution in [0, 0.1) is 0 Å². The van der Waals surface area contributed by atoms with Gasteiger partial charge in [0.25, 0.3) is 0 Å². The van der Waals surface area contributed by atoms with Crippen LogP contribution >= 0.6 is 0 Å². The molecular weight excluding hydrogens is 252 g/mol. The third kappa shape index (κ3) is 2.31. The second-order valence-corrected chi connectivity index (χ2v) is 4.34. The summed E-state index contributed by atoms with van der Waals surface area (Å²) in [6.45, 7) is 0. The fraction of sp³-hybridized carbons (Fsp3) is 0. The Labute approximate surface area is 115 Å². The molecule has 1 aromatic heterocycles. The zero-order valence-electron chi connectivity index (χ0n) is 10.6. The van der Waals surface area contributed by atoms with Crippen LogP contribution in [-0.2, 0) is 0 Å². The lowest BCUT2D eigenvalue weighted by Crippen LogP contribution is -1.98. The van der Waals surface area contributed by atoms with Gasteiger partial charge >= 0.3 is 5.63 Å². The number of benzene rings is 2. The van der Waals surface area contributed by atoms with Crippen LogP contribution in [0.25, 0.3) is 11.0 Å². The molecule has 2 aromatic carbocycles. The minimum Gasteiger partial charge on any atom is -0.421 e. The monoisotopic (exact) mass is 264 g/mol. The Bertz CT molecular complexity index is 850. The van der Waals surface area contributed by atoms with Crippen LogP contribution in [0.5, 0.6) is 0 Å². The quantitative estimate of drug-likeness (QED) is 0.439. The maximum Gasteiger partial charge on any atom is 0.362 e. The number of aliphatic imine (C=N–C) groups is 1. The Morgan fingerprint density at radius 1 is 1.05 bits per heavy atom. The Balaban J connectivity index is 2.05. The van der Waals surface area contributed by atoms with Gasteiger partial charge in [0.15, 0.2) is 0 Å². The lowest BCUT2D eigenvalue weighted by molar-refractivity contribution is 0.563. The molecule has 0 bridgehead atoms. The molecule has 3 rings (SSSR count). The number of nitrogens with two attached hydrogens (primary N) is 1. The maximum absolute atomic E-state index is 11.8. The highest BCUT2D eigenvalue weighted by Crippen LogP contribution is 2.17. The van der Waals surface area contributed by atoms with Gasteiger partial charge in [0.05, 0.1) is 0 Å². The van der Waals surface area contributed by atoms with Crippen molar-refractivity contribution in [2.75, 3.05) is 5.73 Å². The van der Waals surface area contributed by atoms with Gasteiger partial charge < -0.3 is 10.2 Å². The van der Waals surface area contributed by atoms with Gasteiger partial charge in [-0.3, -0.25) is 0 Å². The van der Waals surface area contributed by atoms with Crippen molar-refractivity contribution < 1.29 is 4.42 Å². The summed E-state index contributed by atoms with van der Waals surface area (Å²) in [5.41, 5.74) is 7.54. The van der Waals surface area contributed by atoms with Gasteiger partial charge in [0, 0.05) is 22.9 Å². The van der Waals surface area contributed by atoms with E-state index in [1.165, 1.54) is 0 Å². The van der Waals surface area contributed by atoms with Crippen molar-refractivity contribution in [3.8, 4) is 0 Å². The Morgan fingerprint density at radius 3 is 2.65 bits per heavy atom. The SMILES string of the molecule is Nc1ccccc1C=Nc1cc2ccccc2oc1=O. The van der Waals surface area contributed by atoms with Gasteiger partial charge in [-0.25, -0.2) is 9.79 Å². The van der Waals surface area contributed by atoms with E-state index in [1.54, 1.807) is 24.4 Å². The van der Waals surface area contributed by atoms with E-state index in [0.717, 1.165) is 10.9 Å². The van der Waals surface area contributed by atoms with E-state index in [2.05, 4.69) is 4.99 Å². The van der Waals surface area contributed by atoms with Crippen molar-refractivity contribution >= 4 is 28.6 Å². The first-order valence-electron chi connectivity index (χ1n) is 6.15. The van der Waals surface area contributed by atoms with Crippen LogP contribution in [-0.4, -0.2) is 6.21 Å². The van der Waals surface area contributed by atoms with E-state index >= 15 is 0 Å². The average Bonchev–Trinajstić information content (AvgIpc) is 2.46. The molecule has 0 atom stereocenters.